The van der Waals surface area contributed by atoms with Crippen LogP contribution in [0.2, 0.25) is 0 Å². The average molecular weight is 429 g/mol. The maximum absolute atomic E-state index is 12.4. The van der Waals surface area contributed by atoms with Crippen molar-refractivity contribution in [1.82, 2.24) is 0 Å². The molecule has 0 aromatic heterocycles. The number of carbonyl (C=O) groups excluding carboxylic acids is 2. The molecule has 0 radical (unpaired) electrons. The van der Waals surface area contributed by atoms with E-state index in [1.807, 2.05) is 6.92 Å². The third kappa shape index (κ3) is 3.73. The van der Waals surface area contributed by atoms with Gasteiger partial charge in [0.25, 0.3) is 0 Å². The Morgan fingerprint density at radius 2 is 1.87 bits per heavy atom. The van der Waals surface area contributed by atoms with Gasteiger partial charge in [-0.05, 0) is 66.8 Å². The number of rotatable bonds is 2. The Morgan fingerprint density at radius 3 is 2.52 bits per heavy atom. The largest absolute Gasteiger partial charge is 0.462 e. The Bertz CT molecular complexity index is 836. The van der Waals surface area contributed by atoms with Crippen LogP contribution >= 0.6 is 0 Å². The average Bonchev–Trinajstić information content (AvgIpc) is 2.60. The minimum atomic E-state index is -0.518. The number of carbonyl (C=O) groups is 2. The third-order valence-electron chi connectivity index (χ3n) is 9.35. The molecule has 0 spiro atoms. The fraction of sp³-hybridized carbons (Fsp3) is 0.778. The molecule has 7 unspecified atom stereocenters. The number of esters is 1. The summed E-state index contributed by atoms with van der Waals surface area (Å²) >= 11 is 0. The predicted octanol–water partition coefficient (Wildman–Crippen LogP) is 5.39. The lowest BCUT2D eigenvalue weighted by molar-refractivity contribution is -0.220. The van der Waals surface area contributed by atoms with Gasteiger partial charge < -0.3 is 9.84 Å². The van der Waals surface area contributed by atoms with Crippen LogP contribution in [-0.2, 0) is 14.3 Å². The number of hydrogen-bond acceptors (Lipinski definition) is 4. The van der Waals surface area contributed by atoms with E-state index in [0.29, 0.717) is 6.42 Å². The normalized spacial score (nSPS) is 44.5. The van der Waals surface area contributed by atoms with Crippen LogP contribution in [0.5, 0.6) is 0 Å². The molecule has 2 saturated carbocycles. The molecule has 0 aromatic carbocycles. The molecule has 7 atom stereocenters. The number of hydrogen-bond donors (Lipinski definition) is 1. The molecule has 4 aliphatic carbocycles. The lowest BCUT2D eigenvalue weighted by Gasteiger charge is -2.66. The Balaban J connectivity index is 1.74. The maximum Gasteiger partial charge on any atom is 0.302 e. The molecule has 0 aromatic rings. The summed E-state index contributed by atoms with van der Waals surface area (Å²) in [6, 6.07) is 0. The van der Waals surface area contributed by atoms with Crippen molar-refractivity contribution >= 4 is 11.8 Å². The highest BCUT2D eigenvalue weighted by atomic mass is 16.5. The molecule has 4 nitrogen and oxygen atoms in total. The van der Waals surface area contributed by atoms with Gasteiger partial charge in [0, 0.05) is 25.2 Å². The van der Waals surface area contributed by atoms with Crippen LogP contribution in [0.1, 0.15) is 86.5 Å². The van der Waals surface area contributed by atoms with Crippen molar-refractivity contribution in [3.8, 4) is 0 Å². The van der Waals surface area contributed by atoms with Gasteiger partial charge in [-0.3, -0.25) is 9.59 Å². The van der Waals surface area contributed by atoms with Gasteiger partial charge in [0.2, 0.25) is 0 Å². The highest BCUT2D eigenvalue weighted by Crippen LogP contribution is 2.68. The number of aliphatic hydroxyl groups excluding tert-OH is 1. The molecule has 31 heavy (non-hydrogen) atoms. The number of aliphatic hydroxyl groups is 1. The van der Waals surface area contributed by atoms with E-state index in [9.17, 15) is 14.7 Å². The maximum atomic E-state index is 12.4. The van der Waals surface area contributed by atoms with E-state index in [0.717, 1.165) is 44.1 Å². The summed E-state index contributed by atoms with van der Waals surface area (Å²) in [5.41, 5.74) is 1.92. The molecule has 2 fully saturated rings. The molecule has 4 aliphatic rings. The summed E-state index contributed by atoms with van der Waals surface area (Å²) in [5, 5.41) is 11.5. The van der Waals surface area contributed by atoms with Gasteiger partial charge in [0.15, 0.2) is 5.78 Å². The van der Waals surface area contributed by atoms with Gasteiger partial charge in [-0.15, -0.1) is 0 Å². The van der Waals surface area contributed by atoms with Gasteiger partial charge in [-0.2, -0.15) is 0 Å². The fourth-order valence-corrected chi connectivity index (χ4v) is 8.52. The molecule has 0 saturated heterocycles. The summed E-state index contributed by atoms with van der Waals surface area (Å²) in [4.78, 5) is 24.4. The zero-order chi connectivity index (χ0) is 22.8. The molecule has 0 amide bonds. The van der Waals surface area contributed by atoms with Crippen LogP contribution in [-0.4, -0.2) is 29.1 Å². The van der Waals surface area contributed by atoms with E-state index in [1.165, 1.54) is 12.5 Å². The summed E-state index contributed by atoms with van der Waals surface area (Å²) < 4.78 is 6.02. The second kappa shape index (κ2) is 7.57. The first kappa shape index (κ1) is 22.8. The Labute approximate surface area is 187 Å². The second-order valence-corrected chi connectivity index (χ2v) is 12.2. The topological polar surface area (TPSA) is 63.6 Å². The van der Waals surface area contributed by atoms with Crippen molar-refractivity contribution in [2.24, 2.45) is 34.0 Å². The van der Waals surface area contributed by atoms with Gasteiger partial charge in [0.05, 0.1) is 6.10 Å². The van der Waals surface area contributed by atoms with Crippen molar-refractivity contribution in [1.29, 1.82) is 0 Å². The zero-order valence-electron chi connectivity index (χ0n) is 20.2. The summed E-state index contributed by atoms with van der Waals surface area (Å²) in [5.74, 6) is 0.575. The van der Waals surface area contributed by atoms with Crippen LogP contribution in [0, 0.1) is 34.0 Å². The molecule has 4 heteroatoms. The molecule has 1 N–H and O–H groups in total. The first-order valence-electron chi connectivity index (χ1n) is 12.1. The Hall–Kier alpha value is -1.42. The summed E-state index contributed by atoms with van der Waals surface area (Å²) in [7, 11) is 0. The SMILES string of the molecule is CC(=O)OC1CC2(C)CC(C3CC=C(C)C(=O)C3)=CC(O)C2C2(C)CCCC(C)(C)C12. The van der Waals surface area contributed by atoms with E-state index in [2.05, 4.69) is 39.8 Å². The van der Waals surface area contributed by atoms with E-state index >= 15 is 0 Å². The second-order valence-electron chi connectivity index (χ2n) is 12.2. The molecule has 0 bridgehead atoms. The van der Waals surface area contributed by atoms with Crippen LogP contribution in [0.4, 0.5) is 0 Å². The van der Waals surface area contributed by atoms with Gasteiger partial charge in [-0.1, -0.05) is 51.8 Å². The van der Waals surface area contributed by atoms with E-state index in [-0.39, 0.29) is 51.9 Å². The smallest absolute Gasteiger partial charge is 0.302 e. The minimum absolute atomic E-state index is 0.0657. The number of allylic oxidation sites excluding steroid dienone is 3. The molecular formula is C27H40O4. The first-order valence-corrected chi connectivity index (χ1v) is 12.1. The summed E-state index contributed by atoms with van der Waals surface area (Å²) in [6.07, 6.45) is 9.91. The predicted molar refractivity (Wildman–Crippen MR) is 121 cm³/mol. The zero-order valence-corrected chi connectivity index (χ0v) is 20.2. The molecule has 0 aliphatic heterocycles. The van der Waals surface area contributed by atoms with E-state index < -0.39 is 6.10 Å². The minimum Gasteiger partial charge on any atom is -0.462 e. The molecule has 4 rings (SSSR count). The van der Waals surface area contributed by atoms with Crippen molar-refractivity contribution in [3.05, 3.63) is 23.3 Å². The number of ether oxygens (including phenoxy) is 1. The number of fused-ring (bicyclic) bond motifs is 3. The quantitative estimate of drug-likeness (QED) is 0.473. The van der Waals surface area contributed by atoms with Crippen molar-refractivity contribution < 1.29 is 19.4 Å². The number of Topliss-reactive ketones (excluding diaryl/α,β-unsaturated/α-hetero) is 1. The molecule has 0 heterocycles. The lowest BCUT2D eigenvalue weighted by Crippen LogP contribution is -2.64. The van der Waals surface area contributed by atoms with Gasteiger partial charge >= 0.3 is 5.97 Å². The van der Waals surface area contributed by atoms with Crippen molar-refractivity contribution in [2.45, 2.75) is 98.7 Å². The molecular weight excluding hydrogens is 388 g/mol. The standard InChI is InChI=1S/C27H40O4/c1-16-8-9-18(12-20(16)29)19-13-21(30)23-26(5,14-19)15-22(31-17(2)28)24-25(3,4)10-7-11-27(23,24)6/h8,13,18,21-24,30H,7,9-12,14-15H2,1-6H3. The van der Waals surface area contributed by atoms with Crippen LogP contribution in [0.25, 0.3) is 0 Å². The monoisotopic (exact) mass is 428 g/mol. The summed E-state index contributed by atoms with van der Waals surface area (Å²) in [6.45, 7) is 12.7. The third-order valence-corrected chi connectivity index (χ3v) is 9.35. The van der Waals surface area contributed by atoms with Gasteiger partial charge in [0.1, 0.15) is 6.10 Å². The Kier molecular flexibility index (Phi) is 5.56. The van der Waals surface area contributed by atoms with Gasteiger partial charge in [-0.25, -0.2) is 0 Å². The number of ketones is 1. The Morgan fingerprint density at radius 1 is 1.16 bits per heavy atom. The molecule has 172 valence electrons. The van der Waals surface area contributed by atoms with Crippen LogP contribution in [0.3, 0.4) is 0 Å². The van der Waals surface area contributed by atoms with E-state index in [1.54, 1.807) is 0 Å². The van der Waals surface area contributed by atoms with Crippen LogP contribution < -0.4 is 0 Å². The highest BCUT2D eigenvalue weighted by Gasteiger charge is 2.65. The fourth-order valence-electron chi connectivity index (χ4n) is 8.52. The van der Waals surface area contributed by atoms with Crippen molar-refractivity contribution in [3.63, 3.8) is 0 Å². The first-order chi connectivity index (χ1) is 14.4. The lowest BCUT2D eigenvalue weighted by atomic mass is 9.40. The van der Waals surface area contributed by atoms with Crippen molar-refractivity contribution in [2.75, 3.05) is 0 Å². The van der Waals surface area contributed by atoms with E-state index in [4.69, 9.17) is 4.74 Å². The van der Waals surface area contributed by atoms with Crippen LogP contribution in [0.15, 0.2) is 23.3 Å². The highest BCUT2D eigenvalue weighted by molar-refractivity contribution is 5.95.